The number of hydrogen-bond donors (Lipinski definition) is 1. The first-order valence-corrected chi connectivity index (χ1v) is 19.5. The fourth-order valence-electron chi connectivity index (χ4n) is 9.35. The molecule has 1 nitrogen and oxygen atoms in total. The molecule has 12 rings (SSSR count). The molecule has 2 aliphatic rings. The molecule has 0 unspecified atom stereocenters. The summed E-state index contributed by atoms with van der Waals surface area (Å²) in [4.78, 5) is 0. The van der Waals surface area contributed by atoms with Crippen LogP contribution >= 0.6 is 22.7 Å². The van der Waals surface area contributed by atoms with Gasteiger partial charge in [0.1, 0.15) is 0 Å². The third kappa shape index (κ3) is 3.71. The van der Waals surface area contributed by atoms with E-state index in [1.165, 1.54) is 96.0 Å². The van der Waals surface area contributed by atoms with Crippen molar-refractivity contribution in [3.05, 3.63) is 192 Å². The highest BCUT2D eigenvalue weighted by Gasteiger charge is 2.51. The molecular formula is C49H29NS2. The normalized spacial score (nSPS) is 13.5. The standard InChI is InChI=1S/C49H29NS2/c1-6-16-40-32(11-1)33-12-2-7-17-41(33)49(40)42-18-8-3-13-34(42)35-26-25-31(27-43(35)49)50-30-23-21-29(22-24-30)38-28-39-36-14-4-9-19-44(36)51-48(39)46-37-15-5-10-20-45(37)52-47(38)46/h1-28,50H. The molecule has 0 radical (unpaired) electrons. The lowest BCUT2D eigenvalue weighted by atomic mass is 9.70. The smallest absolute Gasteiger partial charge is 0.0726 e. The second kappa shape index (κ2) is 10.5. The Labute approximate surface area is 309 Å². The molecule has 52 heavy (non-hydrogen) atoms. The molecule has 0 atom stereocenters. The molecule has 0 bridgehead atoms. The van der Waals surface area contributed by atoms with E-state index in [2.05, 4.69) is 175 Å². The maximum absolute atomic E-state index is 3.81. The van der Waals surface area contributed by atoms with Gasteiger partial charge < -0.3 is 5.32 Å². The molecule has 2 aliphatic carbocycles. The van der Waals surface area contributed by atoms with Crippen LogP contribution in [0.2, 0.25) is 0 Å². The van der Waals surface area contributed by atoms with Crippen LogP contribution in [0.3, 0.4) is 0 Å². The fraction of sp³-hybridized carbons (Fsp3) is 0.0204. The van der Waals surface area contributed by atoms with E-state index < -0.39 is 0 Å². The Balaban J connectivity index is 0.983. The van der Waals surface area contributed by atoms with Gasteiger partial charge in [-0.3, -0.25) is 0 Å². The average molecular weight is 696 g/mol. The van der Waals surface area contributed by atoms with Gasteiger partial charge in [-0.1, -0.05) is 127 Å². The van der Waals surface area contributed by atoms with Crippen LogP contribution in [0.15, 0.2) is 170 Å². The maximum Gasteiger partial charge on any atom is 0.0726 e. The highest BCUT2D eigenvalue weighted by Crippen LogP contribution is 2.63. The zero-order valence-corrected chi connectivity index (χ0v) is 29.6. The minimum absolute atomic E-state index is 0.346. The van der Waals surface area contributed by atoms with Crippen LogP contribution in [0.1, 0.15) is 22.3 Å². The molecule has 0 fully saturated rings. The summed E-state index contributed by atoms with van der Waals surface area (Å²) in [6.07, 6.45) is 0. The van der Waals surface area contributed by atoms with E-state index in [-0.39, 0.29) is 5.41 Å². The maximum atomic E-state index is 3.81. The van der Waals surface area contributed by atoms with Gasteiger partial charge in [0.2, 0.25) is 0 Å². The van der Waals surface area contributed by atoms with Gasteiger partial charge >= 0.3 is 0 Å². The lowest BCUT2D eigenvalue weighted by Crippen LogP contribution is -2.25. The average Bonchev–Trinajstić information content (AvgIpc) is 3.93. The van der Waals surface area contributed by atoms with Gasteiger partial charge in [-0.2, -0.15) is 0 Å². The van der Waals surface area contributed by atoms with Crippen molar-refractivity contribution in [2.45, 2.75) is 5.41 Å². The number of thiophene rings is 2. The van der Waals surface area contributed by atoms with Crippen LogP contribution in [0.25, 0.3) is 73.7 Å². The van der Waals surface area contributed by atoms with Gasteiger partial charge in [-0.15, -0.1) is 22.7 Å². The van der Waals surface area contributed by atoms with Gasteiger partial charge in [0.05, 0.1) is 5.41 Å². The van der Waals surface area contributed by atoms with Crippen molar-refractivity contribution in [1.29, 1.82) is 0 Å². The van der Waals surface area contributed by atoms with Crippen LogP contribution in [-0.2, 0) is 5.41 Å². The van der Waals surface area contributed by atoms with Crippen LogP contribution in [0.4, 0.5) is 11.4 Å². The molecule has 2 aromatic heterocycles. The van der Waals surface area contributed by atoms with Crippen molar-refractivity contribution in [2.75, 3.05) is 5.32 Å². The first-order chi connectivity index (χ1) is 25.8. The van der Waals surface area contributed by atoms with Gasteiger partial charge in [0, 0.05) is 57.3 Å². The summed E-state index contributed by atoms with van der Waals surface area (Å²) in [5.74, 6) is 0. The molecule has 0 saturated carbocycles. The Bertz CT molecular complexity index is 3040. The Morgan fingerprint density at radius 3 is 1.56 bits per heavy atom. The number of rotatable bonds is 3. The highest BCUT2D eigenvalue weighted by atomic mass is 32.1. The summed E-state index contributed by atoms with van der Waals surface area (Å²) < 4.78 is 5.43. The van der Waals surface area contributed by atoms with Gasteiger partial charge in [0.25, 0.3) is 0 Å². The first kappa shape index (κ1) is 28.7. The molecule has 3 heteroatoms. The van der Waals surface area contributed by atoms with E-state index in [1.54, 1.807) is 0 Å². The van der Waals surface area contributed by atoms with E-state index in [9.17, 15) is 0 Å². The molecule has 0 aliphatic heterocycles. The van der Waals surface area contributed by atoms with Crippen LogP contribution < -0.4 is 5.32 Å². The third-order valence-corrected chi connectivity index (χ3v) is 13.9. The van der Waals surface area contributed by atoms with E-state index in [0.717, 1.165) is 11.4 Å². The summed E-state index contributed by atoms with van der Waals surface area (Å²) in [6.45, 7) is 0. The van der Waals surface area contributed by atoms with Crippen LogP contribution in [-0.4, -0.2) is 0 Å². The summed E-state index contributed by atoms with van der Waals surface area (Å²) in [7, 11) is 0. The Hall–Kier alpha value is -6.00. The number of anilines is 2. The fourth-order valence-corrected chi connectivity index (χ4v) is 11.9. The molecule has 1 N–H and O–H groups in total. The summed E-state index contributed by atoms with van der Waals surface area (Å²) in [5, 5.41) is 9.23. The summed E-state index contributed by atoms with van der Waals surface area (Å²) >= 11 is 3.83. The van der Waals surface area contributed by atoms with Crippen molar-refractivity contribution in [3.8, 4) is 33.4 Å². The number of hydrogen-bond acceptors (Lipinski definition) is 3. The molecule has 0 saturated heterocycles. The van der Waals surface area contributed by atoms with Crippen molar-refractivity contribution in [2.24, 2.45) is 0 Å². The largest absolute Gasteiger partial charge is 0.356 e. The van der Waals surface area contributed by atoms with Crippen molar-refractivity contribution < 1.29 is 0 Å². The second-order valence-electron chi connectivity index (χ2n) is 14.1. The van der Waals surface area contributed by atoms with Gasteiger partial charge in [0.15, 0.2) is 0 Å². The van der Waals surface area contributed by atoms with E-state index in [0.29, 0.717) is 0 Å². The molecular weight excluding hydrogens is 667 g/mol. The number of nitrogens with one attached hydrogen (secondary N) is 1. The van der Waals surface area contributed by atoms with Crippen molar-refractivity contribution in [1.82, 2.24) is 0 Å². The van der Waals surface area contributed by atoms with Crippen molar-refractivity contribution >= 4 is 74.4 Å². The SMILES string of the molecule is c1ccc2c(c1)-c1ccccc1C21c2ccccc2-c2ccc(Nc3ccc(-c4cc5c6ccccc6sc5c5c4sc4ccccc45)cc3)cc21. The van der Waals surface area contributed by atoms with E-state index in [1.807, 2.05) is 22.7 Å². The summed E-state index contributed by atoms with van der Waals surface area (Å²) in [5.41, 5.74) is 15.1. The molecule has 1 spiro atoms. The first-order valence-electron chi connectivity index (χ1n) is 17.8. The van der Waals surface area contributed by atoms with Crippen LogP contribution in [0.5, 0.6) is 0 Å². The zero-order valence-electron chi connectivity index (χ0n) is 28.0. The number of fused-ring (bicyclic) bond motifs is 17. The topological polar surface area (TPSA) is 12.0 Å². The Morgan fingerprint density at radius 1 is 0.365 bits per heavy atom. The second-order valence-corrected chi connectivity index (χ2v) is 16.2. The minimum atomic E-state index is -0.346. The van der Waals surface area contributed by atoms with E-state index in [4.69, 9.17) is 0 Å². The lowest BCUT2D eigenvalue weighted by Gasteiger charge is -2.30. The quantitative estimate of drug-likeness (QED) is 0.194. The molecule has 8 aromatic carbocycles. The zero-order chi connectivity index (χ0) is 34.0. The molecule has 2 heterocycles. The van der Waals surface area contributed by atoms with Gasteiger partial charge in [-0.05, 0) is 92.5 Å². The van der Waals surface area contributed by atoms with Crippen LogP contribution in [0, 0.1) is 0 Å². The number of benzene rings is 8. The molecule has 0 amide bonds. The summed E-state index contributed by atoms with van der Waals surface area (Å²) in [6, 6.07) is 63.2. The minimum Gasteiger partial charge on any atom is -0.356 e. The van der Waals surface area contributed by atoms with Crippen molar-refractivity contribution in [3.63, 3.8) is 0 Å². The van der Waals surface area contributed by atoms with Gasteiger partial charge in [-0.25, -0.2) is 0 Å². The predicted molar refractivity (Wildman–Crippen MR) is 224 cm³/mol. The Kier molecular flexibility index (Phi) is 5.80. The van der Waals surface area contributed by atoms with E-state index >= 15 is 0 Å². The molecule has 10 aromatic rings. The Morgan fingerprint density at radius 2 is 0.885 bits per heavy atom. The third-order valence-electron chi connectivity index (χ3n) is 11.5. The monoisotopic (exact) mass is 695 g/mol. The highest BCUT2D eigenvalue weighted by molar-refractivity contribution is 7.30. The lowest BCUT2D eigenvalue weighted by molar-refractivity contribution is 0.794. The molecule has 242 valence electrons. The predicted octanol–water partition coefficient (Wildman–Crippen LogP) is 14.2.